The molecule has 0 aliphatic carbocycles. The summed E-state index contributed by atoms with van der Waals surface area (Å²) in [7, 11) is 1.82. The first-order valence-corrected chi connectivity index (χ1v) is 7.97. The first kappa shape index (κ1) is 15.7. The van der Waals surface area contributed by atoms with E-state index in [4.69, 9.17) is 0 Å². The van der Waals surface area contributed by atoms with E-state index in [9.17, 15) is 0 Å². The summed E-state index contributed by atoms with van der Waals surface area (Å²) < 4.78 is 0. The van der Waals surface area contributed by atoms with Gasteiger partial charge in [-0.25, -0.2) is 0 Å². The summed E-state index contributed by atoms with van der Waals surface area (Å²) in [4.78, 5) is 6.76. The molecule has 2 rings (SSSR count). The number of benzene rings is 1. The Morgan fingerprint density at radius 2 is 2.19 bits per heavy atom. The zero-order valence-electron chi connectivity index (χ0n) is 13.7. The van der Waals surface area contributed by atoms with Crippen molar-refractivity contribution >= 4 is 11.6 Å². The van der Waals surface area contributed by atoms with Crippen LogP contribution in [-0.4, -0.2) is 38.2 Å². The van der Waals surface area contributed by atoms with E-state index < -0.39 is 0 Å². The van der Waals surface area contributed by atoms with Crippen LogP contribution in [0.4, 0.5) is 5.69 Å². The summed E-state index contributed by atoms with van der Waals surface area (Å²) in [5.74, 6) is 0.893. The second-order valence-electron chi connectivity index (χ2n) is 5.83. The molecule has 0 saturated carbocycles. The van der Waals surface area contributed by atoms with Crippen LogP contribution in [0.2, 0.25) is 0 Å². The highest BCUT2D eigenvalue weighted by atomic mass is 15.2. The van der Waals surface area contributed by atoms with Gasteiger partial charge in [-0.15, -0.1) is 0 Å². The molecule has 2 N–H and O–H groups in total. The molecule has 116 valence electrons. The number of anilines is 1. The molecule has 0 radical (unpaired) electrons. The van der Waals surface area contributed by atoms with Crippen LogP contribution in [0.1, 0.15) is 32.8 Å². The number of fused-ring (bicyclic) bond motifs is 1. The second-order valence-corrected chi connectivity index (χ2v) is 5.83. The Morgan fingerprint density at radius 1 is 1.43 bits per heavy atom. The Kier molecular flexibility index (Phi) is 5.48. The van der Waals surface area contributed by atoms with Gasteiger partial charge in [0.25, 0.3) is 0 Å². The number of aliphatic imine (C=N–C) groups is 1. The maximum absolute atomic E-state index is 4.28. The fourth-order valence-corrected chi connectivity index (χ4v) is 2.80. The molecule has 0 spiro atoms. The molecule has 21 heavy (non-hydrogen) atoms. The predicted molar refractivity (Wildman–Crippen MR) is 91.2 cm³/mol. The number of rotatable bonds is 5. The maximum atomic E-state index is 4.28. The van der Waals surface area contributed by atoms with Gasteiger partial charge in [-0.3, -0.25) is 4.99 Å². The fourth-order valence-electron chi connectivity index (χ4n) is 2.80. The van der Waals surface area contributed by atoms with Crippen LogP contribution in [0, 0.1) is 0 Å². The lowest BCUT2D eigenvalue weighted by Gasteiger charge is -2.26. The summed E-state index contributed by atoms with van der Waals surface area (Å²) in [6, 6.07) is 9.75. The molecule has 1 aliphatic rings. The quantitative estimate of drug-likeness (QED) is 0.645. The van der Waals surface area contributed by atoms with Gasteiger partial charge >= 0.3 is 0 Å². The van der Waals surface area contributed by atoms with Crippen molar-refractivity contribution in [2.45, 2.75) is 45.7 Å². The second kappa shape index (κ2) is 7.34. The van der Waals surface area contributed by atoms with Gasteiger partial charge < -0.3 is 15.5 Å². The van der Waals surface area contributed by atoms with Gasteiger partial charge in [0.15, 0.2) is 5.96 Å². The van der Waals surface area contributed by atoms with Crippen molar-refractivity contribution in [3.63, 3.8) is 0 Å². The monoisotopic (exact) mass is 288 g/mol. The number of nitrogens with one attached hydrogen (secondary N) is 2. The van der Waals surface area contributed by atoms with E-state index in [1.54, 1.807) is 0 Å². The van der Waals surface area contributed by atoms with Crippen LogP contribution in [0.25, 0.3) is 0 Å². The van der Waals surface area contributed by atoms with Crippen molar-refractivity contribution in [1.82, 2.24) is 10.6 Å². The Labute approximate surface area is 128 Å². The highest BCUT2D eigenvalue weighted by Crippen LogP contribution is 2.30. The Bertz CT molecular complexity index is 483. The third-order valence-electron chi connectivity index (χ3n) is 4.21. The summed E-state index contributed by atoms with van der Waals surface area (Å²) in [6.45, 7) is 8.54. The van der Waals surface area contributed by atoms with E-state index in [0.717, 1.165) is 31.9 Å². The molecule has 1 heterocycles. The Morgan fingerprint density at radius 3 is 2.90 bits per heavy atom. The molecule has 0 fully saturated rings. The normalized spacial score (nSPS) is 19.3. The van der Waals surface area contributed by atoms with E-state index in [1.165, 1.54) is 11.3 Å². The molecule has 0 aromatic heterocycles. The molecular weight excluding hydrogens is 260 g/mol. The topological polar surface area (TPSA) is 39.7 Å². The van der Waals surface area contributed by atoms with E-state index in [1.807, 2.05) is 7.05 Å². The van der Waals surface area contributed by atoms with Crippen molar-refractivity contribution in [2.75, 3.05) is 25.0 Å². The number of hydrogen-bond acceptors (Lipinski definition) is 2. The largest absolute Gasteiger partial charge is 0.367 e. The minimum absolute atomic E-state index is 0.447. The highest BCUT2D eigenvalue weighted by Gasteiger charge is 2.24. The third kappa shape index (κ3) is 3.90. The van der Waals surface area contributed by atoms with Crippen molar-refractivity contribution in [1.29, 1.82) is 0 Å². The van der Waals surface area contributed by atoms with E-state index >= 15 is 0 Å². The van der Waals surface area contributed by atoms with Gasteiger partial charge in [0.05, 0.1) is 0 Å². The minimum Gasteiger partial charge on any atom is -0.367 e. The first-order chi connectivity index (χ1) is 10.2. The average molecular weight is 288 g/mol. The lowest BCUT2D eigenvalue weighted by Crippen LogP contribution is -2.45. The minimum atomic E-state index is 0.447. The first-order valence-electron chi connectivity index (χ1n) is 7.97. The number of guanidine groups is 1. The van der Waals surface area contributed by atoms with Crippen molar-refractivity contribution < 1.29 is 0 Å². The summed E-state index contributed by atoms with van der Waals surface area (Å²) >= 11 is 0. The predicted octanol–water partition coefficient (Wildman–Crippen LogP) is 2.40. The van der Waals surface area contributed by atoms with E-state index in [-0.39, 0.29) is 0 Å². The van der Waals surface area contributed by atoms with Gasteiger partial charge in [-0.05, 0) is 38.3 Å². The molecule has 2 unspecified atom stereocenters. The van der Waals surface area contributed by atoms with Crippen LogP contribution in [-0.2, 0) is 6.42 Å². The summed E-state index contributed by atoms with van der Waals surface area (Å²) in [5.41, 5.74) is 2.85. The van der Waals surface area contributed by atoms with Gasteiger partial charge in [0.2, 0.25) is 0 Å². The number of nitrogens with zero attached hydrogens (tertiary/aromatic N) is 2. The molecule has 1 aromatic carbocycles. The molecule has 0 amide bonds. The van der Waals surface area contributed by atoms with Crippen LogP contribution in [0.15, 0.2) is 29.3 Å². The van der Waals surface area contributed by atoms with Gasteiger partial charge in [0, 0.05) is 37.9 Å². The van der Waals surface area contributed by atoms with Crippen molar-refractivity contribution in [3.05, 3.63) is 29.8 Å². The van der Waals surface area contributed by atoms with Crippen molar-refractivity contribution in [2.24, 2.45) is 4.99 Å². The van der Waals surface area contributed by atoms with Gasteiger partial charge in [-0.1, -0.05) is 25.1 Å². The molecule has 1 aromatic rings. The zero-order chi connectivity index (χ0) is 15.2. The van der Waals surface area contributed by atoms with Crippen LogP contribution in [0.3, 0.4) is 0 Å². The average Bonchev–Trinajstić information content (AvgIpc) is 2.82. The molecule has 0 saturated heterocycles. The van der Waals surface area contributed by atoms with Gasteiger partial charge in [0.1, 0.15) is 0 Å². The number of hydrogen-bond donors (Lipinski definition) is 2. The smallest absolute Gasteiger partial charge is 0.191 e. The lowest BCUT2D eigenvalue weighted by molar-refractivity contribution is 0.615. The zero-order valence-corrected chi connectivity index (χ0v) is 13.7. The van der Waals surface area contributed by atoms with Crippen LogP contribution >= 0.6 is 0 Å². The van der Waals surface area contributed by atoms with Crippen LogP contribution < -0.4 is 15.5 Å². The summed E-state index contributed by atoms with van der Waals surface area (Å²) in [5, 5.41) is 6.80. The Hall–Kier alpha value is -1.71. The maximum Gasteiger partial charge on any atom is 0.191 e. The molecular formula is C17H28N4. The van der Waals surface area contributed by atoms with Gasteiger partial charge in [-0.2, -0.15) is 0 Å². The van der Waals surface area contributed by atoms with E-state index in [2.05, 4.69) is 65.6 Å². The number of para-hydroxylation sites is 1. The van der Waals surface area contributed by atoms with Crippen LogP contribution in [0.5, 0.6) is 0 Å². The third-order valence-corrected chi connectivity index (χ3v) is 4.21. The lowest BCUT2D eigenvalue weighted by atomic mass is 10.1. The highest BCUT2D eigenvalue weighted by molar-refractivity contribution is 5.80. The molecule has 4 heteroatoms. The summed E-state index contributed by atoms with van der Waals surface area (Å²) in [6.07, 6.45) is 2.24. The standard InChI is InChI=1S/C17H28N4/c1-5-13(2)20-17(18-4)19-10-11-21-14(3)12-15-8-6-7-9-16(15)21/h6-9,13-14H,5,10-12H2,1-4H3,(H2,18,19,20). The fraction of sp³-hybridized carbons (Fsp3) is 0.588. The SMILES string of the molecule is CCC(C)NC(=NC)NCCN1c2ccccc2CC1C. The molecule has 2 atom stereocenters. The van der Waals surface area contributed by atoms with E-state index in [0.29, 0.717) is 12.1 Å². The molecule has 1 aliphatic heterocycles. The van der Waals surface area contributed by atoms with Crippen molar-refractivity contribution in [3.8, 4) is 0 Å². The molecule has 4 nitrogen and oxygen atoms in total. The Balaban J connectivity index is 1.86. The molecule has 0 bridgehead atoms.